The molecule has 29 heavy (non-hydrogen) atoms. The van der Waals surface area contributed by atoms with Crippen molar-refractivity contribution in [2.75, 3.05) is 23.5 Å². The molecule has 0 unspecified atom stereocenters. The standard InChI is InChI=1S/C21H24N2O5S/c1-21(2,3)28-20(26)23-15-8-5-7-14(11-15)19(25)27-13-18(24)22-16-9-6-10-17(12-16)29-4/h5-12H,13H2,1-4H3,(H,22,24)(H,23,26). The number of ether oxygens (including phenoxy) is 2. The summed E-state index contributed by atoms with van der Waals surface area (Å²) in [6.45, 7) is 4.83. The highest BCUT2D eigenvalue weighted by Gasteiger charge is 2.17. The van der Waals surface area contributed by atoms with E-state index in [9.17, 15) is 14.4 Å². The number of hydrogen-bond donors (Lipinski definition) is 2. The maximum absolute atomic E-state index is 12.2. The molecule has 0 saturated heterocycles. The highest BCUT2D eigenvalue weighted by atomic mass is 32.2. The third-order valence-electron chi connectivity index (χ3n) is 3.43. The lowest BCUT2D eigenvalue weighted by Crippen LogP contribution is -2.27. The Morgan fingerprint density at radius 3 is 2.28 bits per heavy atom. The van der Waals surface area contributed by atoms with Crippen molar-refractivity contribution >= 4 is 41.1 Å². The van der Waals surface area contributed by atoms with Gasteiger partial charge in [-0.25, -0.2) is 9.59 Å². The fourth-order valence-electron chi connectivity index (χ4n) is 2.26. The van der Waals surface area contributed by atoms with E-state index in [1.165, 1.54) is 12.1 Å². The number of thioether (sulfide) groups is 1. The van der Waals surface area contributed by atoms with Crippen molar-refractivity contribution in [1.82, 2.24) is 0 Å². The summed E-state index contributed by atoms with van der Waals surface area (Å²) in [5.74, 6) is -1.12. The van der Waals surface area contributed by atoms with Crippen LogP contribution in [0.2, 0.25) is 0 Å². The highest BCUT2D eigenvalue weighted by Crippen LogP contribution is 2.19. The molecule has 0 bridgehead atoms. The van der Waals surface area contributed by atoms with Crippen molar-refractivity contribution in [3.05, 3.63) is 54.1 Å². The number of carbonyl (C=O) groups is 3. The van der Waals surface area contributed by atoms with Crippen molar-refractivity contribution in [2.45, 2.75) is 31.3 Å². The SMILES string of the molecule is CSc1cccc(NC(=O)COC(=O)c2cccc(NC(=O)OC(C)(C)C)c2)c1. The van der Waals surface area contributed by atoms with Gasteiger partial charge in [0, 0.05) is 16.3 Å². The van der Waals surface area contributed by atoms with Gasteiger partial charge < -0.3 is 14.8 Å². The summed E-state index contributed by atoms with van der Waals surface area (Å²) in [4.78, 5) is 37.1. The van der Waals surface area contributed by atoms with Crippen LogP contribution in [-0.2, 0) is 14.3 Å². The molecule has 0 aliphatic rings. The van der Waals surface area contributed by atoms with E-state index in [0.29, 0.717) is 11.4 Å². The zero-order valence-corrected chi connectivity index (χ0v) is 17.6. The topological polar surface area (TPSA) is 93.7 Å². The molecule has 0 spiro atoms. The summed E-state index contributed by atoms with van der Waals surface area (Å²) in [5.41, 5.74) is 0.577. The molecule has 0 aromatic heterocycles. The average molecular weight is 416 g/mol. The quantitative estimate of drug-likeness (QED) is 0.530. The number of esters is 1. The van der Waals surface area contributed by atoms with Gasteiger partial charge in [0.05, 0.1) is 5.56 Å². The van der Waals surface area contributed by atoms with Crippen molar-refractivity contribution in [3.63, 3.8) is 0 Å². The molecule has 0 radical (unpaired) electrons. The van der Waals surface area contributed by atoms with Gasteiger partial charge in [-0.05, 0) is 63.4 Å². The smallest absolute Gasteiger partial charge is 0.412 e. The maximum Gasteiger partial charge on any atom is 0.412 e. The molecule has 0 atom stereocenters. The van der Waals surface area contributed by atoms with Gasteiger partial charge in [0.1, 0.15) is 5.60 Å². The van der Waals surface area contributed by atoms with Gasteiger partial charge in [-0.1, -0.05) is 12.1 Å². The van der Waals surface area contributed by atoms with Crippen LogP contribution in [-0.4, -0.2) is 36.4 Å². The Bertz CT molecular complexity index is 893. The van der Waals surface area contributed by atoms with Crippen LogP contribution in [0, 0.1) is 0 Å². The third-order valence-corrected chi connectivity index (χ3v) is 4.16. The van der Waals surface area contributed by atoms with Crippen LogP contribution in [0.5, 0.6) is 0 Å². The number of benzene rings is 2. The van der Waals surface area contributed by atoms with Crippen molar-refractivity contribution in [2.24, 2.45) is 0 Å². The number of carbonyl (C=O) groups excluding carboxylic acids is 3. The van der Waals surface area contributed by atoms with Crippen molar-refractivity contribution in [3.8, 4) is 0 Å². The van der Waals surface area contributed by atoms with Crippen LogP contribution in [0.1, 0.15) is 31.1 Å². The Morgan fingerprint density at radius 2 is 1.62 bits per heavy atom. The van der Waals surface area contributed by atoms with Crippen LogP contribution < -0.4 is 10.6 Å². The number of rotatable bonds is 6. The zero-order valence-electron chi connectivity index (χ0n) is 16.8. The Labute approximate surface area is 174 Å². The molecular formula is C21H24N2O5S. The first-order valence-corrected chi connectivity index (χ1v) is 10.1. The van der Waals surface area contributed by atoms with Gasteiger partial charge in [-0.15, -0.1) is 11.8 Å². The molecule has 2 N–H and O–H groups in total. The molecule has 2 amide bonds. The van der Waals surface area contributed by atoms with Gasteiger partial charge in [0.15, 0.2) is 6.61 Å². The molecule has 0 aliphatic heterocycles. The van der Waals surface area contributed by atoms with Crippen molar-refractivity contribution in [1.29, 1.82) is 0 Å². The molecule has 154 valence electrons. The molecule has 0 fully saturated rings. The monoisotopic (exact) mass is 416 g/mol. The lowest BCUT2D eigenvalue weighted by Gasteiger charge is -2.19. The molecular weight excluding hydrogens is 392 g/mol. The second kappa shape index (κ2) is 9.97. The van der Waals surface area contributed by atoms with E-state index in [4.69, 9.17) is 9.47 Å². The Kier molecular flexibility index (Phi) is 7.67. The number of amides is 2. The van der Waals surface area contributed by atoms with Gasteiger partial charge in [-0.2, -0.15) is 0 Å². The summed E-state index contributed by atoms with van der Waals surface area (Å²) in [7, 11) is 0. The van der Waals surface area contributed by atoms with Crippen LogP contribution in [0.4, 0.5) is 16.2 Å². The molecule has 0 saturated carbocycles. The number of nitrogens with one attached hydrogen (secondary N) is 2. The third kappa shape index (κ3) is 7.87. The Hall–Kier alpha value is -3.00. The van der Waals surface area contributed by atoms with Gasteiger partial charge in [0.2, 0.25) is 0 Å². The van der Waals surface area contributed by atoms with Crippen LogP contribution >= 0.6 is 11.8 Å². The number of hydrogen-bond acceptors (Lipinski definition) is 6. The zero-order chi connectivity index (χ0) is 21.4. The summed E-state index contributed by atoms with van der Waals surface area (Å²) in [6, 6.07) is 13.5. The molecule has 7 nitrogen and oxygen atoms in total. The molecule has 2 rings (SSSR count). The summed E-state index contributed by atoms with van der Waals surface area (Å²) in [5, 5.41) is 5.23. The normalized spacial score (nSPS) is 10.8. The molecule has 8 heteroatoms. The minimum absolute atomic E-state index is 0.204. The maximum atomic E-state index is 12.2. The van der Waals surface area contributed by atoms with Crippen LogP contribution in [0.25, 0.3) is 0 Å². The Morgan fingerprint density at radius 1 is 0.966 bits per heavy atom. The van der Waals surface area contributed by atoms with Crippen molar-refractivity contribution < 1.29 is 23.9 Å². The minimum atomic E-state index is -0.675. The fourth-order valence-corrected chi connectivity index (χ4v) is 2.72. The van der Waals surface area contributed by atoms with E-state index in [-0.39, 0.29) is 5.56 Å². The van der Waals surface area contributed by atoms with Crippen LogP contribution in [0.15, 0.2) is 53.4 Å². The summed E-state index contributed by atoms with van der Waals surface area (Å²) >= 11 is 1.56. The average Bonchev–Trinajstić information content (AvgIpc) is 2.65. The molecule has 0 aliphatic carbocycles. The fraction of sp³-hybridized carbons (Fsp3) is 0.286. The van der Waals surface area contributed by atoms with E-state index in [1.54, 1.807) is 50.7 Å². The first kappa shape index (κ1) is 22.3. The minimum Gasteiger partial charge on any atom is -0.452 e. The first-order chi connectivity index (χ1) is 13.7. The molecule has 0 heterocycles. The van der Waals surface area contributed by atoms with Gasteiger partial charge >= 0.3 is 12.1 Å². The predicted octanol–water partition coefficient (Wildman–Crippen LogP) is 4.55. The van der Waals surface area contributed by atoms with Gasteiger partial charge in [-0.3, -0.25) is 10.1 Å². The Balaban J connectivity index is 1.90. The lowest BCUT2D eigenvalue weighted by molar-refractivity contribution is -0.119. The number of anilines is 2. The molecule has 2 aromatic rings. The predicted molar refractivity (Wildman–Crippen MR) is 113 cm³/mol. The van der Waals surface area contributed by atoms with Gasteiger partial charge in [0.25, 0.3) is 5.91 Å². The summed E-state index contributed by atoms with van der Waals surface area (Å²) in [6.07, 6.45) is 1.31. The van der Waals surface area contributed by atoms with E-state index in [2.05, 4.69) is 10.6 Å². The largest absolute Gasteiger partial charge is 0.452 e. The molecule has 2 aromatic carbocycles. The van der Waals surface area contributed by atoms with E-state index in [1.807, 2.05) is 24.5 Å². The lowest BCUT2D eigenvalue weighted by atomic mass is 10.2. The second-order valence-electron chi connectivity index (χ2n) is 7.06. The first-order valence-electron chi connectivity index (χ1n) is 8.87. The van der Waals surface area contributed by atoms with E-state index in [0.717, 1.165) is 4.90 Å². The second-order valence-corrected chi connectivity index (χ2v) is 7.94. The van der Waals surface area contributed by atoms with Crippen LogP contribution in [0.3, 0.4) is 0 Å². The summed E-state index contributed by atoms with van der Waals surface area (Å²) < 4.78 is 10.2. The van der Waals surface area contributed by atoms with E-state index < -0.39 is 30.2 Å². The van der Waals surface area contributed by atoms with E-state index >= 15 is 0 Å². The highest BCUT2D eigenvalue weighted by molar-refractivity contribution is 7.98.